The zero-order valence-electron chi connectivity index (χ0n) is 10.5. The molecule has 0 aromatic heterocycles. The molecule has 0 heterocycles. The first-order chi connectivity index (χ1) is 9.08. The Morgan fingerprint density at radius 2 is 1.63 bits per heavy atom. The molecule has 0 amide bonds. The summed E-state index contributed by atoms with van der Waals surface area (Å²) in [5.74, 6) is -1.17. The van der Waals surface area contributed by atoms with E-state index in [4.69, 9.17) is 5.11 Å². The summed E-state index contributed by atoms with van der Waals surface area (Å²) in [6, 6.07) is 10.5. The van der Waals surface area contributed by atoms with Crippen LogP contribution in [0.4, 0.5) is 14.5 Å². The Labute approximate surface area is 110 Å². The summed E-state index contributed by atoms with van der Waals surface area (Å²) >= 11 is 0. The van der Waals surface area contributed by atoms with E-state index < -0.39 is 11.6 Å². The summed E-state index contributed by atoms with van der Waals surface area (Å²) in [4.78, 5) is 0. The van der Waals surface area contributed by atoms with Gasteiger partial charge in [-0.25, -0.2) is 8.78 Å². The van der Waals surface area contributed by atoms with Crippen molar-refractivity contribution >= 4 is 5.69 Å². The van der Waals surface area contributed by atoms with Crippen molar-refractivity contribution < 1.29 is 13.9 Å². The van der Waals surface area contributed by atoms with Crippen LogP contribution in [0.2, 0.25) is 0 Å². The fourth-order valence-electron chi connectivity index (χ4n) is 1.86. The molecule has 0 spiro atoms. The van der Waals surface area contributed by atoms with E-state index in [9.17, 15) is 8.78 Å². The maximum Gasteiger partial charge on any atom is 0.126 e. The summed E-state index contributed by atoms with van der Waals surface area (Å²) in [7, 11) is 0. The third kappa shape index (κ3) is 3.51. The average molecular weight is 263 g/mol. The van der Waals surface area contributed by atoms with Crippen LogP contribution in [-0.2, 0) is 6.61 Å². The van der Waals surface area contributed by atoms with Crippen molar-refractivity contribution in [2.24, 2.45) is 0 Å². The number of hydrogen-bond acceptors (Lipinski definition) is 2. The van der Waals surface area contributed by atoms with Gasteiger partial charge in [-0.3, -0.25) is 0 Å². The van der Waals surface area contributed by atoms with Gasteiger partial charge in [-0.05, 0) is 42.3 Å². The molecule has 0 aliphatic heterocycles. The third-order valence-corrected chi connectivity index (χ3v) is 2.90. The monoisotopic (exact) mass is 263 g/mol. The first-order valence-electron chi connectivity index (χ1n) is 6.01. The normalized spacial score (nSPS) is 12.2. The second kappa shape index (κ2) is 5.80. The highest BCUT2D eigenvalue weighted by Crippen LogP contribution is 2.21. The van der Waals surface area contributed by atoms with Gasteiger partial charge in [-0.2, -0.15) is 0 Å². The Hall–Kier alpha value is -1.94. The molecule has 0 saturated heterocycles. The molecular formula is C15H15F2NO. The Bertz CT molecular complexity index is 534. The number of benzene rings is 2. The van der Waals surface area contributed by atoms with Crippen molar-refractivity contribution in [2.45, 2.75) is 19.6 Å². The van der Waals surface area contributed by atoms with Gasteiger partial charge in [0.25, 0.3) is 0 Å². The third-order valence-electron chi connectivity index (χ3n) is 2.90. The van der Waals surface area contributed by atoms with Crippen molar-refractivity contribution in [3.63, 3.8) is 0 Å². The molecule has 100 valence electrons. The maximum atomic E-state index is 13.1. The predicted molar refractivity (Wildman–Crippen MR) is 70.8 cm³/mol. The van der Waals surface area contributed by atoms with Crippen molar-refractivity contribution in [1.82, 2.24) is 0 Å². The quantitative estimate of drug-likeness (QED) is 0.882. The molecule has 4 heteroatoms. The highest BCUT2D eigenvalue weighted by Gasteiger charge is 2.08. The Morgan fingerprint density at radius 3 is 2.16 bits per heavy atom. The minimum Gasteiger partial charge on any atom is -0.392 e. The van der Waals surface area contributed by atoms with E-state index in [2.05, 4.69) is 5.32 Å². The smallest absolute Gasteiger partial charge is 0.126 e. The molecular weight excluding hydrogens is 248 g/mol. The predicted octanol–water partition coefficient (Wildman–Crippen LogP) is 3.63. The molecule has 2 aromatic carbocycles. The first-order valence-corrected chi connectivity index (χ1v) is 6.01. The minimum absolute atomic E-state index is 0.00899. The fourth-order valence-corrected chi connectivity index (χ4v) is 1.86. The van der Waals surface area contributed by atoms with Crippen LogP contribution >= 0.6 is 0 Å². The Morgan fingerprint density at radius 1 is 1.05 bits per heavy atom. The van der Waals surface area contributed by atoms with Crippen LogP contribution in [-0.4, -0.2) is 5.11 Å². The highest BCUT2D eigenvalue weighted by molar-refractivity contribution is 5.46. The second-order valence-electron chi connectivity index (χ2n) is 4.42. The summed E-state index contributed by atoms with van der Waals surface area (Å²) in [5.41, 5.74) is 2.19. The second-order valence-corrected chi connectivity index (χ2v) is 4.42. The summed E-state index contributed by atoms with van der Waals surface area (Å²) in [6.45, 7) is 1.82. The molecule has 2 nitrogen and oxygen atoms in total. The van der Waals surface area contributed by atoms with Crippen molar-refractivity contribution in [2.75, 3.05) is 5.32 Å². The van der Waals surface area contributed by atoms with Gasteiger partial charge in [0.1, 0.15) is 11.6 Å². The van der Waals surface area contributed by atoms with E-state index in [1.54, 1.807) is 12.1 Å². The summed E-state index contributed by atoms with van der Waals surface area (Å²) in [5, 5.41) is 12.1. The molecule has 1 atom stereocenters. The molecule has 0 aliphatic carbocycles. The molecule has 0 radical (unpaired) electrons. The van der Waals surface area contributed by atoms with Gasteiger partial charge < -0.3 is 10.4 Å². The number of anilines is 1. The van der Waals surface area contributed by atoms with Gasteiger partial charge in [0.2, 0.25) is 0 Å². The van der Waals surface area contributed by atoms with Crippen LogP contribution in [0.1, 0.15) is 24.1 Å². The average Bonchev–Trinajstić information content (AvgIpc) is 2.38. The fraction of sp³-hybridized carbons (Fsp3) is 0.200. The van der Waals surface area contributed by atoms with Crippen LogP contribution < -0.4 is 5.32 Å². The van der Waals surface area contributed by atoms with E-state index >= 15 is 0 Å². The summed E-state index contributed by atoms with van der Waals surface area (Å²) < 4.78 is 26.3. The molecule has 2 N–H and O–H groups in total. The molecule has 1 unspecified atom stereocenters. The van der Waals surface area contributed by atoms with Crippen LogP contribution in [0.15, 0.2) is 42.5 Å². The molecule has 0 aliphatic rings. The lowest BCUT2D eigenvalue weighted by atomic mass is 10.1. The van der Waals surface area contributed by atoms with Crippen LogP contribution in [0.5, 0.6) is 0 Å². The summed E-state index contributed by atoms with van der Waals surface area (Å²) in [6.07, 6.45) is 0. The van der Waals surface area contributed by atoms with Gasteiger partial charge in [0.15, 0.2) is 0 Å². The Kier molecular flexibility index (Phi) is 4.12. The zero-order chi connectivity index (χ0) is 13.8. The van der Waals surface area contributed by atoms with E-state index in [-0.39, 0.29) is 12.6 Å². The molecule has 0 bridgehead atoms. The van der Waals surface area contributed by atoms with Gasteiger partial charge >= 0.3 is 0 Å². The number of nitrogens with one attached hydrogen (secondary N) is 1. The van der Waals surface area contributed by atoms with Crippen LogP contribution in [0.3, 0.4) is 0 Å². The van der Waals surface area contributed by atoms with E-state index in [0.717, 1.165) is 17.3 Å². The lowest BCUT2D eigenvalue weighted by Gasteiger charge is -2.16. The van der Waals surface area contributed by atoms with Gasteiger partial charge in [0, 0.05) is 17.8 Å². The maximum absolute atomic E-state index is 13.1. The zero-order valence-corrected chi connectivity index (χ0v) is 10.5. The van der Waals surface area contributed by atoms with Crippen LogP contribution in [0.25, 0.3) is 0 Å². The van der Waals surface area contributed by atoms with Crippen molar-refractivity contribution in [1.29, 1.82) is 0 Å². The minimum atomic E-state index is -0.584. The van der Waals surface area contributed by atoms with E-state index in [0.29, 0.717) is 5.56 Å². The van der Waals surface area contributed by atoms with Crippen LogP contribution in [0, 0.1) is 11.6 Å². The topological polar surface area (TPSA) is 32.3 Å². The number of aliphatic hydroxyl groups is 1. The molecule has 0 fully saturated rings. The van der Waals surface area contributed by atoms with Gasteiger partial charge in [-0.1, -0.05) is 12.1 Å². The Balaban J connectivity index is 2.13. The largest absolute Gasteiger partial charge is 0.392 e. The number of rotatable bonds is 4. The lowest BCUT2D eigenvalue weighted by Crippen LogP contribution is -2.07. The molecule has 2 aromatic rings. The van der Waals surface area contributed by atoms with E-state index in [1.807, 2.05) is 19.1 Å². The van der Waals surface area contributed by atoms with E-state index in [1.165, 1.54) is 12.1 Å². The van der Waals surface area contributed by atoms with Crippen molar-refractivity contribution in [3.05, 3.63) is 65.2 Å². The number of hydrogen-bond donors (Lipinski definition) is 2. The highest BCUT2D eigenvalue weighted by atomic mass is 19.1. The molecule has 19 heavy (non-hydrogen) atoms. The van der Waals surface area contributed by atoms with Gasteiger partial charge in [0.05, 0.1) is 6.61 Å². The lowest BCUT2D eigenvalue weighted by molar-refractivity contribution is 0.282. The van der Waals surface area contributed by atoms with Crippen molar-refractivity contribution in [3.8, 4) is 0 Å². The SMILES string of the molecule is CC(Nc1ccc(CO)cc1)c1cc(F)cc(F)c1. The van der Waals surface area contributed by atoms with Gasteiger partial charge in [-0.15, -0.1) is 0 Å². The first kappa shape index (κ1) is 13.5. The number of halogens is 2. The molecule has 0 saturated carbocycles. The number of aliphatic hydroxyl groups excluding tert-OH is 1. The molecule has 2 rings (SSSR count). The standard InChI is InChI=1S/C15H15F2NO/c1-10(12-6-13(16)8-14(17)7-12)18-15-4-2-11(9-19)3-5-15/h2-8,10,18-19H,9H2,1H3.